The average molecular weight is 476 g/mol. The van der Waals surface area contributed by atoms with Gasteiger partial charge in [-0.2, -0.15) is 0 Å². The number of benzene rings is 1. The molecule has 5 nitrogen and oxygen atoms in total. The van der Waals surface area contributed by atoms with Crippen LogP contribution in [0.5, 0.6) is 5.75 Å². The highest BCUT2D eigenvalue weighted by atomic mass is 16.5. The van der Waals surface area contributed by atoms with E-state index in [4.69, 9.17) is 9.47 Å². The third-order valence-corrected chi connectivity index (χ3v) is 7.18. The van der Waals surface area contributed by atoms with Crippen molar-refractivity contribution in [1.29, 1.82) is 0 Å². The Labute approximate surface area is 209 Å². The number of quaternary nitrogens is 1. The van der Waals surface area contributed by atoms with Gasteiger partial charge in [0.25, 0.3) is 0 Å². The standard InChI is InChI=1S/C29H50N2O3/c1-3-5-7-9-10-15-21-31(22-16-12-17-23-31)24-26-34-29(32)30-27-19-13-14-20-28(27)33-25-18-11-8-6-4-2/h13-14,19-20H,3-12,15-18,21-26H2,1-2H3/p+1. The minimum atomic E-state index is -0.381. The number of nitrogens with one attached hydrogen (secondary N) is 1. The van der Waals surface area contributed by atoms with Gasteiger partial charge < -0.3 is 14.0 Å². The molecule has 194 valence electrons. The molecule has 1 amide bonds. The van der Waals surface area contributed by atoms with E-state index in [1.807, 2.05) is 24.3 Å². The topological polar surface area (TPSA) is 47.6 Å². The van der Waals surface area contributed by atoms with Crippen molar-refractivity contribution in [3.05, 3.63) is 24.3 Å². The zero-order chi connectivity index (χ0) is 24.3. The van der Waals surface area contributed by atoms with E-state index < -0.39 is 0 Å². The molecule has 1 saturated heterocycles. The lowest BCUT2D eigenvalue weighted by Gasteiger charge is -2.41. The van der Waals surface area contributed by atoms with Gasteiger partial charge in [0.2, 0.25) is 0 Å². The molecule has 0 aliphatic carbocycles. The van der Waals surface area contributed by atoms with Crippen molar-refractivity contribution in [2.24, 2.45) is 0 Å². The molecule has 1 heterocycles. The number of amides is 1. The average Bonchev–Trinajstić information content (AvgIpc) is 2.85. The fourth-order valence-corrected chi connectivity index (χ4v) is 5.03. The number of likely N-dealkylation sites (tertiary alicyclic amines) is 1. The van der Waals surface area contributed by atoms with Crippen molar-refractivity contribution >= 4 is 11.8 Å². The number of para-hydroxylation sites is 2. The van der Waals surface area contributed by atoms with Crippen LogP contribution in [0.15, 0.2) is 24.3 Å². The van der Waals surface area contributed by atoms with Gasteiger partial charge in [0.05, 0.1) is 31.9 Å². The van der Waals surface area contributed by atoms with E-state index in [0.717, 1.165) is 23.2 Å². The largest absolute Gasteiger partial charge is 0.491 e. The third kappa shape index (κ3) is 11.6. The summed E-state index contributed by atoms with van der Waals surface area (Å²) in [5, 5.41) is 2.90. The fourth-order valence-electron chi connectivity index (χ4n) is 5.03. The molecule has 2 rings (SSSR count). The highest BCUT2D eigenvalue weighted by Gasteiger charge is 2.29. The molecular weight excluding hydrogens is 424 g/mol. The van der Waals surface area contributed by atoms with Crippen LogP contribution < -0.4 is 10.1 Å². The number of hydrogen-bond acceptors (Lipinski definition) is 3. The summed E-state index contributed by atoms with van der Waals surface area (Å²) in [6, 6.07) is 7.65. The Hall–Kier alpha value is -1.75. The van der Waals surface area contributed by atoms with Crippen LogP contribution in [0.4, 0.5) is 10.5 Å². The van der Waals surface area contributed by atoms with Gasteiger partial charge in [-0.1, -0.05) is 77.3 Å². The first-order chi connectivity index (χ1) is 16.7. The number of hydrogen-bond donors (Lipinski definition) is 1. The number of carbonyl (C=O) groups is 1. The van der Waals surface area contributed by atoms with Crippen molar-refractivity contribution in [1.82, 2.24) is 0 Å². The molecule has 1 fully saturated rings. The van der Waals surface area contributed by atoms with Crippen LogP contribution in [-0.2, 0) is 4.74 Å². The molecule has 0 bridgehead atoms. The highest BCUT2D eigenvalue weighted by molar-refractivity contribution is 5.86. The van der Waals surface area contributed by atoms with Gasteiger partial charge in [-0.05, 0) is 50.7 Å². The van der Waals surface area contributed by atoms with Gasteiger partial charge in [0.1, 0.15) is 18.9 Å². The lowest BCUT2D eigenvalue weighted by molar-refractivity contribution is -0.932. The predicted octanol–water partition coefficient (Wildman–Crippen LogP) is 7.95. The lowest BCUT2D eigenvalue weighted by Crippen LogP contribution is -2.54. The molecule has 1 aromatic rings. The van der Waals surface area contributed by atoms with E-state index in [2.05, 4.69) is 19.2 Å². The molecule has 0 unspecified atom stereocenters. The first-order valence-electron chi connectivity index (χ1n) is 14.2. The van der Waals surface area contributed by atoms with Crippen LogP contribution in [0.25, 0.3) is 0 Å². The smallest absolute Gasteiger partial charge is 0.411 e. The third-order valence-electron chi connectivity index (χ3n) is 7.18. The van der Waals surface area contributed by atoms with E-state index >= 15 is 0 Å². The van der Waals surface area contributed by atoms with Crippen molar-refractivity contribution < 1.29 is 18.8 Å². The van der Waals surface area contributed by atoms with Gasteiger partial charge in [0.15, 0.2) is 0 Å². The molecule has 0 aromatic heterocycles. The molecule has 0 atom stereocenters. The van der Waals surface area contributed by atoms with Crippen molar-refractivity contribution in [3.8, 4) is 5.75 Å². The predicted molar refractivity (Wildman–Crippen MR) is 143 cm³/mol. The molecule has 1 aliphatic rings. The van der Waals surface area contributed by atoms with Gasteiger partial charge in [-0.3, -0.25) is 5.32 Å². The van der Waals surface area contributed by atoms with E-state index in [-0.39, 0.29) is 6.09 Å². The SMILES string of the molecule is CCCCCCCC[N+]1(CCOC(=O)Nc2ccccc2OCCCCCCC)CCCCC1. The second-order valence-corrected chi connectivity index (χ2v) is 10.1. The summed E-state index contributed by atoms with van der Waals surface area (Å²) in [5.41, 5.74) is 0.690. The van der Waals surface area contributed by atoms with E-state index in [1.165, 1.54) is 103 Å². The highest BCUT2D eigenvalue weighted by Crippen LogP contribution is 2.25. The summed E-state index contributed by atoms with van der Waals surface area (Å²) < 4.78 is 12.7. The van der Waals surface area contributed by atoms with Crippen LogP contribution in [0, 0.1) is 0 Å². The molecule has 0 spiro atoms. The van der Waals surface area contributed by atoms with E-state index in [1.54, 1.807) is 0 Å². The molecule has 0 radical (unpaired) electrons. The molecule has 34 heavy (non-hydrogen) atoms. The van der Waals surface area contributed by atoms with Crippen LogP contribution in [0.1, 0.15) is 104 Å². The maximum atomic E-state index is 12.5. The van der Waals surface area contributed by atoms with Gasteiger partial charge in [0, 0.05) is 0 Å². The zero-order valence-electron chi connectivity index (χ0n) is 22.1. The number of rotatable bonds is 18. The first-order valence-corrected chi connectivity index (χ1v) is 14.2. The van der Waals surface area contributed by atoms with Crippen LogP contribution >= 0.6 is 0 Å². The molecule has 5 heteroatoms. The molecule has 1 N–H and O–H groups in total. The summed E-state index contributed by atoms with van der Waals surface area (Å²) in [7, 11) is 0. The molecule has 1 aromatic carbocycles. The summed E-state index contributed by atoms with van der Waals surface area (Å²) in [4.78, 5) is 12.5. The number of ether oxygens (including phenoxy) is 2. The molecular formula is C29H51N2O3+. The van der Waals surface area contributed by atoms with Crippen molar-refractivity contribution in [2.75, 3.05) is 44.7 Å². The number of anilines is 1. The summed E-state index contributed by atoms with van der Waals surface area (Å²) >= 11 is 0. The maximum Gasteiger partial charge on any atom is 0.411 e. The summed E-state index contributed by atoms with van der Waals surface area (Å²) in [6.45, 7) is 10.3. The normalized spacial score (nSPS) is 15.1. The quantitative estimate of drug-likeness (QED) is 0.173. The van der Waals surface area contributed by atoms with Crippen LogP contribution in [0.2, 0.25) is 0 Å². The van der Waals surface area contributed by atoms with Gasteiger partial charge in [-0.15, -0.1) is 0 Å². The number of carbonyl (C=O) groups excluding carboxylic acids is 1. The zero-order valence-corrected chi connectivity index (χ0v) is 22.1. The Morgan fingerprint density at radius 1 is 0.794 bits per heavy atom. The maximum absolute atomic E-state index is 12.5. The number of nitrogens with zero attached hydrogens (tertiary/aromatic N) is 1. The van der Waals surface area contributed by atoms with Crippen LogP contribution in [0.3, 0.4) is 0 Å². The van der Waals surface area contributed by atoms with Crippen molar-refractivity contribution in [3.63, 3.8) is 0 Å². The Kier molecular flexibility index (Phi) is 14.8. The lowest BCUT2D eigenvalue weighted by atomic mass is 10.1. The Balaban J connectivity index is 1.73. The summed E-state index contributed by atoms with van der Waals surface area (Å²) in [6.07, 6.45) is 17.6. The van der Waals surface area contributed by atoms with Crippen LogP contribution in [-0.4, -0.2) is 50.0 Å². The number of unbranched alkanes of at least 4 members (excludes halogenated alkanes) is 9. The Bertz CT molecular complexity index is 659. The van der Waals surface area contributed by atoms with E-state index in [9.17, 15) is 4.79 Å². The Morgan fingerprint density at radius 2 is 1.44 bits per heavy atom. The summed E-state index contributed by atoms with van der Waals surface area (Å²) in [5.74, 6) is 0.720. The minimum Gasteiger partial charge on any atom is -0.491 e. The molecule has 0 saturated carbocycles. The van der Waals surface area contributed by atoms with Crippen molar-refractivity contribution in [2.45, 2.75) is 104 Å². The van der Waals surface area contributed by atoms with Gasteiger partial charge in [-0.25, -0.2) is 4.79 Å². The fraction of sp³-hybridized carbons (Fsp3) is 0.759. The van der Waals surface area contributed by atoms with Gasteiger partial charge >= 0.3 is 6.09 Å². The van der Waals surface area contributed by atoms with E-state index in [0.29, 0.717) is 18.9 Å². The minimum absolute atomic E-state index is 0.381. The second-order valence-electron chi connectivity index (χ2n) is 10.1. The molecule has 1 aliphatic heterocycles. The monoisotopic (exact) mass is 475 g/mol. The number of piperidine rings is 1. The first kappa shape index (κ1) is 28.5. The Morgan fingerprint density at radius 3 is 2.18 bits per heavy atom. The second kappa shape index (κ2) is 17.7.